The number of nitriles is 1. The number of rotatable bonds is 4. The molecule has 0 saturated carbocycles. The van der Waals surface area contributed by atoms with Gasteiger partial charge in [0.25, 0.3) is 5.91 Å². The summed E-state index contributed by atoms with van der Waals surface area (Å²) < 4.78 is 0. The summed E-state index contributed by atoms with van der Waals surface area (Å²) in [7, 11) is 0. The predicted octanol–water partition coefficient (Wildman–Crippen LogP) is 3.89. The van der Waals surface area contributed by atoms with E-state index in [4.69, 9.17) is 5.26 Å². The van der Waals surface area contributed by atoms with Crippen molar-refractivity contribution in [2.45, 2.75) is 0 Å². The van der Waals surface area contributed by atoms with Crippen molar-refractivity contribution in [1.29, 1.82) is 5.26 Å². The summed E-state index contributed by atoms with van der Waals surface area (Å²) in [6.07, 6.45) is 4.54. The highest BCUT2D eigenvalue weighted by Crippen LogP contribution is 2.21. The van der Waals surface area contributed by atoms with E-state index in [-0.39, 0.29) is 11.6 Å². The summed E-state index contributed by atoms with van der Waals surface area (Å²) in [4.78, 5) is 25.2. The molecule has 2 heterocycles. The maximum atomic E-state index is 12.5. The number of pyridine rings is 1. The number of para-hydroxylation sites is 1. The van der Waals surface area contributed by atoms with E-state index < -0.39 is 0 Å². The number of benzene rings is 2. The molecule has 0 radical (unpaired) electrons. The molecule has 28 heavy (non-hydrogen) atoms. The minimum Gasteiger partial charge on any atom is -0.339 e. The van der Waals surface area contributed by atoms with Crippen molar-refractivity contribution in [2.75, 3.05) is 10.6 Å². The van der Waals surface area contributed by atoms with Crippen molar-refractivity contribution in [1.82, 2.24) is 15.0 Å². The third-order valence-electron chi connectivity index (χ3n) is 4.03. The average molecular weight is 366 g/mol. The Kier molecular flexibility index (Phi) is 4.59. The van der Waals surface area contributed by atoms with Gasteiger partial charge in [0.1, 0.15) is 11.5 Å². The molecule has 0 aliphatic heterocycles. The Morgan fingerprint density at radius 3 is 2.64 bits per heavy atom. The summed E-state index contributed by atoms with van der Waals surface area (Å²) in [5, 5.41) is 15.8. The zero-order chi connectivity index (χ0) is 19.3. The Bertz CT molecular complexity index is 1190. The van der Waals surface area contributed by atoms with Crippen molar-refractivity contribution in [3.8, 4) is 6.07 Å². The summed E-state index contributed by atoms with van der Waals surface area (Å²) in [5.41, 5.74) is 2.76. The minimum atomic E-state index is -0.372. The molecule has 2 N–H and O–H groups in total. The second-order valence-corrected chi connectivity index (χ2v) is 5.94. The van der Waals surface area contributed by atoms with Crippen LogP contribution in [0.4, 0.5) is 17.2 Å². The highest BCUT2D eigenvalue weighted by atomic mass is 16.1. The lowest BCUT2D eigenvalue weighted by Crippen LogP contribution is -2.14. The van der Waals surface area contributed by atoms with Crippen LogP contribution in [0, 0.1) is 11.3 Å². The molecule has 2 aromatic heterocycles. The van der Waals surface area contributed by atoms with Gasteiger partial charge in [0.05, 0.1) is 35.2 Å². The number of fused-ring (bicyclic) bond motifs is 1. The van der Waals surface area contributed by atoms with Crippen LogP contribution in [0.3, 0.4) is 0 Å². The summed E-state index contributed by atoms with van der Waals surface area (Å²) in [5.74, 6) is 0.0992. The fourth-order valence-corrected chi connectivity index (χ4v) is 2.72. The topological polar surface area (TPSA) is 104 Å². The van der Waals surface area contributed by atoms with Crippen molar-refractivity contribution < 1.29 is 4.79 Å². The van der Waals surface area contributed by atoms with Crippen molar-refractivity contribution >= 4 is 34.0 Å². The molecule has 7 nitrogen and oxygen atoms in total. The number of amides is 1. The molecule has 2 aromatic carbocycles. The van der Waals surface area contributed by atoms with Crippen molar-refractivity contribution in [2.24, 2.45) is 0 Å². The average Bonchev–Trinajstić information content (AvgIpc) is 2.74. The monoisotopic (exact) mass is 366 g/mol. The second-order valence-electron chi connectivity index (χ2n) is 5.94. The first kappa shape index (κ1) is 17.1. The van der Waals surface area contributed by atoms with Crippen LogP contribution in [-0.4, -0.2) is 20.9 Å². The summed E-state index contributed by atoms with van der Waals surface area (Å²) in [6, 6.07) is 18.4. The molecule has 0 bridgehead atoms. The van der Waals surface area contributed by atoms with E-state index in [1.165, 1.54) is 12.4 Å². The van der Waals surface area contributed by atoms with Crippen LogP contribution in [0.1, 0.15) is 16.1 Å². The lowest BCUT2D eigenvalue weighted by Gasteiger charge is -2.08. The fraction of sp³-hybridized carbons (Fsp3) is 0. The van der Waals surface area contributed by atoms with E-state index in [1.807, 2.05) is 30.3 Å². The lowest BCUT2D eigenvalue weighted by molar-refractivity contribution is 0.102. The molecule has 4 rings (SSSR count). The highest BCUT2D eigenvalue weighted by Gasteiger charge is 2.11. The van der Waals surface area contributed by atoms with Gasteiger partial charge in [-0.25, -0.2) is 9.97 Å². The van der Waals surface area contributed by atoms with Gasteiger partial charge in [-0.05, 0) is 30.3 Å². The van der Waals surface area contributed by atoms with Crippen LogP contribution >= 0.6 is 0 Å². The van der Waals surface area contributed by atoms with E-state index in [2.05, 4.69) is 31.7 Å². The second kappa shape index (κ2) is 7.51. The van der Waals surface area contributed by atoms with Gasteiger partial charge in [-0.15, -0.1) is 0 Å². The van der Waals surface area contributed by atoms with Gasteiger partial charge >= 0.3 is 0 Å². The number of hydrogen-bond acceptors (Lipinski definition) is 6. The predicted molar refractivity (Wildman–Crippen MR) is 106 cm³/mol. The van der Waals surface area contributed by atoms with Gasteiger partial charge in [-0.1, -0.05) is 24.3 Å². The van der Waals surface area contributed by atoms with Gasteiger partial charge in [0, 0.05) is 17.3 Å². The first-order valence-electron chi connectivity index (χ1n) is 8.47. The van der Waals surface area contributed by atoms with Crippen LogP contribution < -0.4 is 10.6 Å². The van der Waals surface area contributed by atoms with Gasteiger partial charge in [0.2, 0.25) is 0 Å². The van der Waals surface area contributed by atoms with E-state index in [0.717, 1.165) is 5.39 Å². The van der Waals surface area contributed by atoms with Crippen molar-refractivity contribution in [3.05, 3.63) is 84.4 Å². The van der Waals surface area contributed by atoms with E-state index >= 15 is 0 Å². The number of carbonyl (C=O) groups excluding carboxylic acids is 1. The number of nitrogens with one attached hydrogen (secondary N) is 2. The summed E-state index contributed by atoms with van der Waals surface area (Å²) >= 11 is 0. The number of carbonyl (C=O) groups is 1. The molecule has 0 aliphatic carbocycles. The summed E-state index contributed by atoms with van der Waals surface area (Å²) in [6.45, 7) is 0. The molecule has 0 atom stereocenters. The zero-order valence-corrected chi connectivity index (χ0v) is 14.6. The highest BCUT2D eigenvalue weighted by molar-refractivity contribution is 6.07. The molecule has 1 amide bonds. The maximum Gasteiger partial charge on any atom is 0.275 e. The normalized spacial score (nSPS) is 10.2. The van der Waals surface area contributed by atoms with Crippen LogP contribution in [0.5, 0.6) is 0 Å². The third kappa shape index (κ3) is 3.61. The SMILES string of the molecule is N#Cc1cccc(Nc2cnc(C(=O)Nc3cccc4cccnc34)cn2)c1. The van der Waals surface area contributed by atoms with Crippen molar-refractivity contribution in [3.63, 3.8) is 0 Å². The Morgan fingerprint density at radius 1 is 0.964 bits per heavy atom. The zero-order valence-electron chi connectivity index (χ0n) is 14.6. The number of hydrogen-bond donors (Lipinski definition) is 2. The maximum absolute atomic E-state index is 12.5. The molecule has 134 valence electrons. The Hall–Kier alpha value is -4.31. The van der Waals surface area contributed by atoms with Gasteiger partial charge in [0.15, 0.2) is 0 Å². The Labute approximate surface area is 160 Å². The number of aromatic nitrogens is 3. The van der Waals surface area contributed by atoms with E-state index in [0.29, 0.717) is 28.3 Å². The lowest BCUT2D eigenvalue weighted by atomic mass is 10.2. The molecular weight excluding hydrogens is 352 g/mol. The smallest absolute Gasteiger partial charge is 0.275 e. The number of anilines is 3. The van der Waals surface area contributed by atoms with Gasteiger partial charge < -0.3 is 10.6 Å². The Balaban J connectivity index is 1.50. The molecule has 0 aliphatic rings. The third-order valence-corrected chi connectivity index (χ3v) is 4.03. The van der Waals surface area contributed by atoms with Crippen LogP contribution in [0.25, 0.3) is 10.9 Å². The fourth-order valence-electron chi connectivity index (χ4n) is 2.72. The molecule has 7 heteroatoms. The van der Waals surface area contributed by atoms with Crippen LogP contribution in [0.2, 0.25) is 0 Å². The molecule has 0 saturated heterocycles. The molecule has 0 unspecified atom stereocenters. The van der Waals surface area contributed by atoms with E-state index in [9.17, 15) is 4.79 Å². The first-order chi connectivity index (χ1) is 13.7. The standard InChI is InChI=1S/C21H14N6O/c22-11-14-4-1-7-16(10-14)26-19-13-24-18(12-25-19)21(28)27-17-8-2-5-15-6-3-9-23-20(15)17/h1-10,12-13H,(H,25,26)(H,27,28). The van der Waals surface area contributed by atoms with E-state index in [1.54, 1.807) is 30.5 Å². The first-order valence-corrected chi connectivity index (χ1v) is 8.47. The van der Waals surface area contributed by atoms with Crippen LogP contribution in [-0.2, 0) is 0 Å². The molecule has 4 aromatic rings. The minimum absolute atomic E-state index is 0.184. The molecule has 0 spiro atoms. The quantitative estimate of drug-likeness (QED) is 0.568. The largest absolute Gasteiger partial charge is 0.339 e. The number of nitrogens with zero attached hydrogens (tertiary/aromatic N) is 4. The van der Waals surface area contributed by atoms with Gasteiger partial charge in [-0.2, -0.15) is 5.26 Å². The van der Waals surface area contributed by atoms with Gasteiger partial charge in [-0.3, -0.25) is 9.78 Å². The Morgan fingerprint density at radius 2 is 1.82 bits per heavy atom. The van der Waals surface area contributed by atoms with Crippen LogP contribution in [0.15, 0.2) is 73.2 Å². The molecular formula is C21H14N6O. The molecule has 0 fully saturated rings.